The highest BCUT2D eigenvalue weighted by Crippen LogP contribution is 2.25. The van der Waals surface area contributed by atoms with Crippen LogP contribution in [0.25, 0.3) is 11.0 Å². The SMILES string of the molecule is CCOc1cccc2c1[nH]c(=S)n2Cc1ccc(C)nc1. The van der Waals surface area contributed by atoms with Gasteiger partial charge in [0.15, 0.2) is 4.77 Å². The first-order valence-electron chi connectivity index (χ1n) is 6.95. The number of nitrogens with zero attached hydrogens (tertiary/aromatic N) is 2. The summed E-state index contributed by atoms with van der Waals surface area (Å²) < 4.78 is 8.41. The van der Waals surface area contributed by atoms with Crippen molar-refractivity contribution in [1.29, 1.82) is 0 Å². The van der Waals surface area contributed by atoms with Gasteiger partial charge in [-0.2, -0.15) is 0 Å². The summed E-state index contributed by atoms with van der Waals surface area (Å²) in [5, 5.41) is 0. The van der Waals surface area contributed by atoms with E-state index < -0.39 is 0 Å². The van der Waals surface area contributed by atoms with Gasteiger partial charge in [-0.25, -0.2) is 0 Å². The number of aryl methyl sites for hydroxylation is 1. The summed E-state index contributed by atoms with van der Waals surface area (Å²) in [4.78, 5) is 7.58. The second-order valence-electron chi connectivity index (χ2n) is 4.91. The molecule has 0 atom stereocenters. The van der Waals surface area contributed by atoms with Gasteiger partial charge in [0, 0.05) is 11.9 Å². The van der Waals surface area contributed by atoms with E-state index in [0.29, 0.717) is 17.9 Å². The molecule has 2 heterocycles. The highest BCUT2D eigenvalue weighted by Gasteiger charge is 2.09. The Bertz CT molecular complexity index is 818. The molecule has 3 aromatic rings. The van der Waals surface area contributed by atoms with Crippen LogP contribution in [0.4, 0.5) is 0 Å². The fourth-order valence-electron chi connectivity index (χ4n) is 2.36. The van der Waals surface area contributed by atoms with Crippen LogP contribution >= 0.6 is 12.2 Å². The molecular formula is C16H17N3OS. The predicted octanol–water partition coefficient (Wildman–Crippen LogP) is 3.85. The van der Waals surface area contributed by atoms with Crippen LogP contribution in [0, 0.1) is 11.7 Å². The molecule has 1 aromatic carbocycles. The van der Waals surface area contributed by atoms with E-state index in [1.807, 2.05) is 44.3 Å². The standard InChI is InChI=1S/C16H17N3OS/c1-3-20-14-6-4-5-13-15(14)18-16(21)19(13)10-12-8-7-11(2)17-9-12/h4-9H,3,10H2,1-2H3,(H,18,21). The second kappa shape index (κ2) is 5.69. The van der Waals surface area contributed by atoms with Gasteiger partial charge in [0.1, 0.15) is 11.3 Å². The number of aromatic amines is 1. The monoisotopic (exact) mass is 299 g/mol. The highest BCUT2D eigenvalue weighted by molar-refractivity contribution is 7.71. The van der Waals surface area contributed by atoms with E-state index in [4.69, 9.17) is 17.0 Å². The molecule has 4 nitrogen and oxygen atoms in total. The van der Waals surface area contributed by atoms with E-state index in [-0.39, 0.29) is 0 Å². The molecule has 3 rings (SSSR count). The first kappa shape index (κ1) is 13.8. The molecule has 0 radical (unpaired) electrons. The van der Waals surface area contributed by atoms with Crippen LogP contribution in [-0.4, -0.2) is 21.1 Å². The molecule has 2 aromatic heterocycles. The molecule has 0 aliphatic heterocycles. The van der Waals surface area contributed by atoms with Gasteiger partial charge < -0.3 is 14.3 Å². The van der Waals surface area contributed by atoms with Crippen molar-refractivity contribution in [3.8, 4) is 5.75 Å². The Labute approximate surface area is 128 Å². The van der Waals surface area contributed by atoms with Crippen LogP contribution in [0.15, 0.2) is 36.5 Å². The van der Waals surface area contributed by atoms with Crippen molar-refractivity contribution in [2.45, 2.75) is 20.4 Å². The van der Waals surface area contributed by atoms with Crippen molar-refractivity contribution in [3.05, 3.63) is 52.6 Å². The summed E-state index contributed by atoms with van der Waals surface area (Å²) in [6.07, 6.45) is 1.89. The van der Waals surface area contributed by atoms with Crippen molar-refractivity contribution in [1.82, 2.24) is 14.5 Å². The maximum Gasteiger partial charge on any atom is 0.178 e. The van der Waals surface area contributed by atoms with Crippen LogP contribution in [-0.2, 0) is 6.54 Å². The normalized spacial score (nSPS) is 11.0. The molecule has 0 spiro atoms. The lowest BCUT2D eigenvalue weighted by molar-refractivity contribution is 0.343. The number of H-pyrrole nitrogens is 1. The molecule has 0 saturated heterocycles. The lowest BCUT2D eigenvalue weighted by Gasteiger charge is -2.07. The molecule has 0 saturated carbocycles. The fourth-order valence-corrected chi connectivity index (χ4v) is 2.63. The number of imidazole rings is 1. The van der Waals surface area contributed by atoms with Gasteiger partial charge in [-0.05, 0) is 49.8 Å². The zero-order valence-corrected chi connectivity index (χ0v) is 12.9. The van der Waals surface area contributed by atoms with Crippen molar-refractivity contribution in [2.75, 3.05) is 6.61 Å². The predicted molar refractivity (Wildman–Crippen MR) is 86.4 cm³/mol. The van der Waals surface area contributed by atoms with Gasteiger partial charge in [-0.15, -0.1) is 0 Å². The number of nitrogens with one attached hydrogen (secondary N) is 1. The first-order chi connectivity index (χ1) is 10.2. The molecular weight excluding hydrogens is 282 g/mol. The summed E-state index contributed by atoms with van der Waals surface area (Å²) >= 11 is 5.45. The van der Waals surface area contributed by atoms with Crippen LogP contribution in [0.3, 0.4) is 0 Å². The Kier molecular flexibility index (Phi) is 3.75. The van der Waals surface area contributed by atoms with Gasteiger partial charge in [-0.3, -0.25) is 4.98 Å². The van der Waals surface area contributed by atoms with Gasteiger partial charge in [0.05, 0.1) is 18.7 Å². The quantitative estimate of drug-likeness (QED) is 0.744. The summed E-state index contributed by atoms with van der Waals surface area (Å²) in [7, 11) is 0. The Morgan fingerprint density at radius 1 is 1.29 bits per heavy atom. The van der Waals surface area contributed by atoms with Gasteiger partial charge in [0.25, 0.3) is 0 Å². The average Bonchev–Trinajstić information content (AvgIpc) is 2.79. The molecule has 0 fully saturated rings. The number of fused-ring (bicyclic) bond motifs is 1. The van der Waals surface area contributed by atoms with Crippen LogP contribution in [0.2, 0.25) is 0 Å². The third kappa shape index (κ3) is 2.69. The molecule has 0 unspecified atom stereocenters. The van der Waals surface area contributed by atoms with E-state index in [1.54, 1.807) is 0 Å². The van der Waals surface area contributed by atoms with E-state index in [0.717, 1.165) is 28.0 Å². The number of benzene rings is 1. The maximum atomic E-state index is 5.65. The Hall–Kier alpha value is -2.14. The number of hydrogen-bond acceptors (Lipinski definition) is 3. The molecule has 0 aliphatic carbocycles. The summed E-state index contributed by atoms with van der Waals surface area (Å²) in [6, 6.07) is 10.1. The third-order valence-electron chi connectivity index (χ3n) is 3.39. The Morgan fingerprint density at radius 3 is 2.86 bits per heavy atom. The molecule has 21 heavy (non-hydrogen) atoms. The molecule has 108 valence electrons. The minimum atomic E-state index is 0.632. The van der Waals surface area contributed by atoms with Gasteiger partial charge in [0.2, 0.25) is 0 Å². The third-order valence-corrected chi connectivity index (χ3v) is 3.71. The van der Waals surface area contributed by atoms with E-state index in [1.165, 1.54) is 0 Å². The first-order valence-corrected chi connectivity index (χ1v) is 7.35. The van der Waals surface area contributed by atoms with Gasteiger partial charge >= 0.3 is 0 Å². The second-order valence-corrected chi connectivity index (χ2v) is 5.29. The molecule has 1 N–H and O–H groups in total. The number of rotatable bonds is 4. The number of para-hydroxylation sites is 1. The van der Waals surface area contributed by atoms with Crippen molar-refractivity contribution >= 4 is 23.3 Å². The molecule has 0 bridgehead atoms. The Morgan fingerprint density at radius 2 is 2.14 bits per heavy atom. The summed E-state index contributed by atoms with van der Waals surface area (Å²) in [6.45, 7) is 5.28. The number of aromatic nitrogens is 3. The van der Waals surface area contributed by atoms with E-state index in [2.05, 4.69) is 20.6 Å². The van der Waals surface area contributed by atoms with E-state index >= 15 is 0 Å². The van der Waals surface area contributed by atoms with Gasteiger partial charge in [-0.1, -0.05) is 12.1 Å². The maximum absolute atomic E-state index is 5.65. The molecule has 5 heteroatoms. The lowest BCUT2D eigenvalue weighted by Crippen LogP contribution is -2.00. The van der Waals surface area contributed by atoms with Crippen molar-refractivity contribution in [2.24, 2.45) is 0 Å². The fraction of sp³-hybridized carbons (Fsp3) is 0.250. The van der Waals surface area contributed by atoms with Crippen LogP contribution in [0.1, 0.15) is 18.2 Å². The van der Waals surface area contributed by atoms with E-state index in [9.17, 15) is 0 Å². The lowest BCUT2D eigenvalue weighted by atomic mass is 10.2. The number of pyridine rings is 1. The smallest absolute Gasteiger partial charge is 0.178 e. The minimum Gasteiger partial charge on any atom is -0.492 e. The van der Waals surface area contributed by atoms with Crippen LogP contribution in [0.5, 0.6) is 5.75 Å². The van der Waals surface area contributed by atoms with Crippen molar-refractivity contribution < 1.29 is 4.74 Å². The zero-order valence-electron chi connectivity index (χ0n) is 12.1. The largest absolute Gasteiger partial charge is 0.492 e. The van der Waals surface area contributed by atoms with Crippen LogP contribution < -0.4 is 4.74 Å². The average molecular weight is 299 g/mol. The summed E-state index contributed by atoms with van der Waals surface area (Å²) in [5.74, 6) is 0.835. The minimum absolute atomic E-state index is 0.632. The molecule has 0 amide bonds. The summed E-state index contributed by atoms with van der Waals surface area (Å²) in [5.41, 5.74) is 4.13. The molecule has 0 aliphatic rings. The number of hydrogen-bond donors (Lipinski definition) is 1. The van der Waals surface area contributed by atoms with Crippen molar-refractivity contribution in [3.63, 3.8) is 0 Å². The highest BCUT2D eigenvalue weighted by atomic mass is 32.1. The topological polar surface area (TPSA) is 42.8 Å². The zero-order chi connectivity index (χ0) is 14.8. The number of ether oxygens (including phenoxy) is 1. The Balaban J connectivity index is 2.06.